The maximum absolute atomic E-state index is 13.2. The zero-order valence-corrected chi connectivity index (χ0v) is 26.1. The summed E-state index contributed by atoms with van der Waals surface area (Å²) in [4.78, 5) is 35.5. The quantitative estimate of drug-likeness (QED) is 0.156. The maximum Gasteiger partial charge on any atom is 0.499 e. The van der Waals surface area contributed by atoms with Crippen LogP contribution in [0.1, 0.15) is 42.5 Å². The Morgan fingerprint density at radius 3 is 2.46 bits per heavy atom. The minimum atomic E-state index is -5.85. The standard InChI is InChI=1S/C32H28F5N7O3S/c1-19(40-41-29(46)39-30-44(27(45)17-48-30)26-8-4-6-21-5-2-3-7-25(21)26)20-9-11-22(12-10-20)28-38-18-43(42-28)23-13-15-24(16-14-23)47-32(36,37)31(33,34)35/h4,6,8-16,18-19,40H,2-3,5,7,17H2,1H3,(H,41,46)/b39-30-. The van der Waals surface area contributed by atoms with E-state index in [9.17, 15) is 31.5 Å². The van der Waals surface area contributed by atoms with Gasteiger partial charge in [-0.05, 0) is 79.6 Å². The van der Waals surface area contributed by atoms with Gasteiger partial charge in [0.05, 0.1) is 17.1 Å². The molecule has 0 saturated carbocycles. The summed E-state index contributed by atoms with van der Waals surface area (Å²) < 4.78 is 68.7. The molecule has 3 aromatic carbocycles. The van der Waals surface area contributed by atoms with E-state index in [2.05, 4.69) is 36.7 Å². The molecule has 2 aliphatic rings. The number of benzene rings is 3. The Labute approximate surface area is 275 Å². The lowest BCUT2D eigenvalue weighted by Gasteiger charge is -2.24. The lowest BCUT2D eigenvalue weighted by molar-refractivity contribution is -0.360. The van der Waals surface area contributed by atoms with Crippen molar-refractivity contribution in [3.63, 3.8) is 0 Å². The van der Waals surface area contributed by atoms with Crippen LogP contribution in [0.2, 0.25) is 0 Å². The molecule has 1 saturated heterocycles. The highest BCUT2D eigenvalue weighted by Crippen LogP contribution is 2.38. The molecule has 4 aromatic rings. The molecule has 2 N–H and O–H groups in total. The van der Waals surface area contributed by atoms with Crippen LogP contribution in [0.4, 0.5) is 32.4 Å². The van der Waals surface area contributed by atoms with E-state index in [-0.39, 0.29) is 17.7 Å². The molecule has 1 fully saturated rings. The monoisotopic (exact) mass is 685 g/mol. The Balaban J connectivity index is 1.06. The Hall–Kier alpha value is -4.83. The summed E-state index contributed by atoms with van der Waals surface area (Å²) >= 11 is 1.22. The van der Waals surface area contributed by atoms with Crippen molar-refractivity contribution in [1.29, 1.82) is 0 Å². The molecule has 16 heteroatoms. The number of amides is 3. The van der Waals surface area contributed by atoms with Crippen LogP contribution in [-0.2, 0) is 17.6 Å². The highest BCUT2D eigenvalue weighted by Gasteiger charge is 2.61. The van der Waals surface area contributed by atoms with Crippen LogP contribution in [0, 0.1) is 0 Å². The number of aromatic nitrogens is 3. The number of alkyl halides is 5. The molecule has 1 aromatic heterocycles. The summed E-state index contributed by atoms with van der Waals surface area (Å²) in [5.41, 5.74) is 10.5. The minimum Gasteiger partial charge on any atom is -0.426 e. The van der Waals surface area contributed by atoms with Crippen molar-refractivity contribution < 1.29 is 36.3 Å². The first-order valence-electron chi connectivity index (χ1n) is 14.9. The fourth-order valence-electron chi connectivity index (χ4n) is 5.33. The van der Waals surface area contributed by atoms with Gasteiger partial charge in [0.2, 0.25) is 5.91 Å². The third kappa shape index (κ3) is 7.04. The number of amidine groups is 1. The lowest BCUT2D eigenvalue weighted by atomic mass is 9.90. The van der Waals surface area contributed by atoms with Crippen LogP contribution in [0.15, 0.2) is 78.0 Å². The van der Waals surface area contributed by atoms with E-state index in [1.54, 1.807) is 12.1 Å². The van der Waals surface area contributed by atoms with Gasteiger partial charge in [-0.3, -0.25) is 15.1 Å². The zero-order valence-electron chi connectivity index (χ0n) is 25.3. The minimum absolute atomic E-state index is 0.119. The molecule has 1 unspecified atom stereocenters. The highest BCUT2D eigenvalue weighted by atomic mass is 32.2. The summed E-state index contributed by atoms with van der Waals surface area (Å²) in [6, 6.07) is 16.6. The van der Waals surface area contributed by atoms with E-state index in [4.69, 9.17) is 0 Å². The number of urea groups is 1. The highest BCUT2D eigenvalue weighted by molar-refractivity contribution is 8.15. The Morgan fingerprint density at radius 2 is 1.73 bits per heavy atom. The van der Waals surface area contributed by atoms with E-state index in [0.717, 1.165) is 54.6 Å². The Morgan fingerprint density at radius 1 is 1.00 bits per heavy atom. The smallest absolute Gasteiger partial charge is 0.426 e. The third-order valence-electron chi connectivity index (χ3n) is 7.81. The molecular weight excluding hydrogens is 657 g/mol. The summed E-state index contributed by atoms with van der Waals surface area (Å²) in [7, 11) is 0. The van der Waals surface area contributed by atoms with E-state index in [1.807, 2.05) is 31.2 Å². The van der Waals surface area contributed by atoms with Crippen LogP contribution in [0.25, 0.3) is 17.1 Å². The van der Waals surface area contributed by atoms with Gasteiger partial charge in [0.15, 0.2) is 11.0 Å². The summed E-state index contributed by atoms with van der Waals surface area (Å²) in [5, 5.41) is 4.68. The number of thioether (sulfide) groups is 1. The third-order valence-corrected chi connectivity index (χ3v) is 8.73. The summed E-state index contributed by atoms with van der Waals surface area (Å²) in [6.07, 6.45) is -5.80. The summed E-state index contributed by atoms with van der Waals surface area (Å²) in [6.45, 7) is 1.84. The number of nitrogens with one attached hydrogen (secondary N) is 2. The molecule has 1 atom stereocenters. The van der Waals surface area contributed by atoms with Crippen LogP contribution in [0.3, 0.4) is 0 Å². The number of nitrogens with zero attached hydrogens (tertiary/aromatic N) is 5. The van der Waals surface area contributed by atoms with Gasteiger partial charge in [-0.15, -0.1) is 5.10 Å². The van der Waals surface area contributed by atoms with Crippen molar-refractivity contribution in [1.82, 2.24) is 25.6 Å². The SMILES string of the molecule is CC(NNC(=O)/N=C1\SCC(=O)N1c1cccc2c1CCCC2)c1ccc(-c2ncn(-c3ccc(OC(F)(F)C(F)(F)F)cc3)n2)cc1. The predicted molar refractivity (Wildman–Crippen MR) is 169 cm³/mol. The molecule has 0 spiro atoms. The molecule has 1 aliphatic heterocycles. The number of fused-ring (bicyclic) bond motifs is 1. The van der Waals surface area contributed by atoms with Crippen LogP contribution < -0.4 is 20.5 Å². The van der Waals surface area contributed by atoms with Gasteiger partial charge in [-0.2, -0.15) is 26.9 Å². The van der Waals surface area contributed by atoms with E-state index in [0.29, 0.717) is 22.2 Å². The van der Waals surface area contributed by atoms with Gasteiger partial charge >= 0.3 is 18.3 Å². The van der Waals surface area contributed by atoms with Gasteiger partial charge in [-0.1, -0.05) is 48.2 Å². The summed E-state index contributed by atoms with van der Waals surface area (Å²) in [5.74, 6) is -0.245. The zero-order chi connectivity index (χ0) is 34.1. The average Bonchev–Trinajstić information content (AvgIpc) is 3.70. The van der Waals surface area contributed by atoms with Gasteiger partial charge in [0.25, 0.3) is 0 Å². The normalized spacial score (nSPS) is 16.6. The molecule has 0 bridgehead atoms. The number of carbonyl (C=O) groups is 2. The molecular formula is C32H28F5N7O3S. The fourth-order valence-corrected chi connectivity index (χ4v) is 6.19. The van der Waals surface area contributed by atoms with Crippen molar-refractivity contribution in [2.24, 2.45) is 4.99 Å². The number of rotatable bonds is 8. The van der Waals surface area contributed by atoms with E-state index in [1.165, 1.54) is 45.4 Å². The number of carbonyl (C=O) groups excluding carboxylic acids is 2. The molecule has 6 rings (SSSR count). The number of aryl methyl sites for hydroxylation is 1. The molecule has 0 radical (unpaired) electrons. The van der Waals surface area contributed by atoms with Crippen LogP contribution >= 0.6 is 11.8 Å². The second kappa shape index (κ2) is 13.4. The molecule has 10 nitrogen and oxygen atoms in total. The molecule has 1 aliphatic carbocycles. The van der Waals surface area contributed by atoms with Crippen molar-refractivity contribution in [2.45, 2.75) is 50.9 Å². The second-order valence-corrected chi connectivity index (χ2v) is 12.0. The number of aliphatic imine (C=N–C) groups is 1. The van der Waals surface area contributed by atoms with Crippen molar-refractivity contribution in [2.75, 3.05) is 10.7 Å². The van der Waals surface area contributed by atoms with E-state index >= 15 is 0 Å². The molecule has 3 amide bonds. The van der Waals surface area contributed by atoms with E-state index < -0.39 is 24.1 Å². The predicted octanol–water partition coefficient (Wildman–Crippen LogP) is 6.76. The Kier molecular flexibility index (Phi) is 9.20. The van der Waals surface area contributed by atoms with Gasteiger partial charge in [-0.25, -0.2) is 19.9 Å². The largest absolute Gasteiger partial charge is 0.499 e. The maximum atomic E-state index is 13.2. The van der Waals surface area contributed by atoms with Gasteiger partial charge < -0.3 is 4.74 Å². The van der Waals surface area contributed by atoms with Crippen LogP contribution in [-0.4, -0.2) is 49.9 Å². The van der Waals surface area contributed by atoms with Crippen molar-refractivity contribution >= 4 is 34.6 Å². The van der Waals surface area contributed by atoms with Gasteiger partial charge in [0.1, 0.15) is 12.1 Å². The first-order valence-corrected chi connectivity index (χ1v) is 15.8. The lowest BCUT2D eigenvalue weighted by Crippen LogP contribution is -2.41. The topological polar surface area (TPSA) is 114 Å². The number of hydrogen-bond acceptors (Lipinski definition) is 7. The molecule has 250 valence electrons. The van der Waals surface area contributed by atoms with Crippen LogP contribution in [0.5, 0.6) is 5.75 Å². The second-order valence-electron chi connectivity index (χ2n) is 11.1. The first-order chi connectivity index (χ1) is 22.9. The number of hydrazine groups is 1. The fraction of sp³-hybridized carbons (Fsp3) is 0.281. The molecule has 2 heterocycles. The first kappa shape index (κ1) is 33.1. The average molecular weight is 686 g/mol. The number of ether oxygens (including phenoxy) is 1. The Bertz CT molecular complexity index is 1850. The number of halogens is 5. The number of hydrogen-bond donors (Lipinski definition) is 2. The number of anilines is 1. The van der Waals surface area contributed by atoms with Gasteiger partial charge in [0, 0.05) is 11.6 Å². The van der Waals surface area contributed by atoms with Crippen molar-refractivity contribution in [3.8, 4) is 22.8 Å². The van der Waals surface area contributed by atoms with Crippen molar-refractivity contribution in [3.05, 3.63) is 89.7 Å². The molecule has 48 heavy (non-hydrogen) atoms.